The van der Waals surface area contributed by atoms with Crippen molar-refractivity contribution in [1.29, 1.82) is 0 Å². The molecule has 0 N–H and O–H groups in total. The van der Waals surface area contributed by atoms with Crippen molar-refractivity contribution >= 4 is 11.8 Å². The summed E-state index contributed by atoms with van der Waals surface area (Å²) in [6.45, 7) is 6.63. The Labute approximate surface area is 163 Å². The Bertz CT molecular complexity index is 888. The zero-order valence-corrected chi connectivity index (χ0v) is 16.0. The SMILES string of the molecule is Cc1ncoc1C(=O)N1Cc2cc(C(=O)N3CCOCC3)ccc2OC[C@@H]1C. The zero-order valence-electron chi connectivity index (χ0n) is 16.0. The molecule has 4 rings (SSSR count). The average molecular weight is 385 g/mol. The molecule has 1 atom stereocenters. The molecular weight excluding hydrogens is 362 g/mol. The quantitative estimate of drug-likeness (QED) is 0.785. The molecule has 2 aliphatic heterocycles. The number of nitrogens with zero attached hydrogens (tertiary/aromatic N) is 3. The highest BCUT2D eigenvalue weighted by Crippen LogP contribution is 2.28. The molecule has 0 unspecified atom stereocenters. The Kier molecular flexibility index (Phi) is 5.04. The number of fused-ring (bicyclic) bond motifs is 1. The molecule has 148 valence electrons. The van der Waals surface area contributed by atoms with E-state index in [0.29, 0.717) is 56.5 Å². The first kappa shape index (κ1) is 18.5. The van der Waals surface area contributed by atoms with Crippen LogP contribution in [0.4, 0.5) is 0 Å². The lowest BCUT2D eigenvalue weighted by molar-refractivity contribution is 0.0303. The molecule has 1 saturated heterocycles. The maximum atomic E-state index is 13.0. The van der Waals surface area contributed by atoms with Crippen LogP contribution in [0.1, 0.15) is 39.1 Å². The van der Waals surface area contributed by atoms with E-state index < -0.39 is 0 Å². The predicted octanol–water partition coefficient (Wildman–Crippen LogP) is 1.88. The molecule has 2 aromatic rings. The van der Waals surface area contributed by atoms with Crippen molar-refractivity contribution in [1.82, 2.24) is 14.8 Å². The third-order valence-electron chi connectivity index (χ3n) is 5.16. The summed E-state index contributed by atoms with van der Waals surface area (Å²) in [7, 11) is 0. The van der Waals surface area contributed by atoms with Crippen molar-refractivity contribution in [3.8, 4) is 5.75 Å². The minimum absolute atomic E-state index is 0.0349. The lowest BCUT2D eigenvalue weighted by atomic mass is 10.1. The van der Waals surface area contributed by atoms with E-state index in [4.69, 9.17) is 13.9 Å². The molecule has 0 aliphatic carbocycles. The van der Waals surface area contributed by atoms with Gasteiger partial charge in [-0.05, 0) is 32.0 Å². The van der Waals surface area contributed by atoms with Crippen molar-refractivity contribution in [3.63, 3.8) is 0 Å². The maximum Gasteiger partial charge on any atom is 0.292 e. The second kappa shape index (κ2) is 7.63. The number of ether oxygens (including phenoxy) is 2. The number of benzene rings is 1. The van der Waals surface area contributed by atoms with Gasteiger partial charge in [0.05, 0.1) is 31.5 Å². The van der Waals surface area contributed by atoms with Crippen LogP contribution in [0.25, 0.3) is 0 Å². The fourth-order valence-electron chi connectivity index (χ4n) is 3.48. The average Bonchev–Trinajstić information content (AvgIpc) is 3.08. The Balaban J connectivity index is 1.60. The summed E-state index contributed by atoms with van der Waals surface area (Å²) < 4.78 is 16.5. The molecule has 0 radical (unpaired) electrons. The van der Waals surface area contributed by atoms with E-state index in [1.165, 1.54) is 6.39 Å². The molecule has 1 fully saturated rings. The van der Waals surface area contributed by atoms with Crippen LogP contribution >= 0.6 is 0 Å². The first-order chi connectivity index (χ1) is 13.5. The molecule has 1 aromatic heterocycles. The van der Waals surface area contributed by atoms with Gasteiger partial charge >= 0.3 is 0 Å². The van der Waals surface area contributed by atoms with Gasteiger partial charge in [0.15, 0.2) is 6.39 Å². The highest BCUT2D eigenvalue weighted by Gasteiger charge is 2.30. The van der Waals surface area contributed by atoms with Crippen LogP contribution in [-0.2, 0) is 11.3 Å². The van der Waals surface area contributed by atoms with Crippen LogP contribution in [0.15, 0.2) is 29.0 Å². The van der Waals surface area contributed by atoms with Gasteiger partial charge in [0.1, 0.15) is 12.4 Å². The summed E-state index contributed by atoms with van der Waals surface area (Å²) in [5.41, 5.74) is 1.94. The molecule has 1 aromatic carbocycles. The summed E-state index contributed by atoms with van der Waals surface area (Å²) >= 11 is 0. The number of aromatic nitrogens is 1. The number of rotatable bonds is 2. The standard InChI is InChI=1S/C20H23N3O5/c1-13-11-27-17-4-3-15(19(24)22-5-7-26-8-6-22)9-16(17)10-23(13)20(25)18-14(2)21-12-28-18/h3-4,9,12-13H,5-8,10-11H2,1-2H3/t13-/m0/s1. The minimum Gasteiger partial charge on any atom is -0.491 e. The molecule has 3 heterocycles. The number of morpholine rings is 1. The molecule has 8 heteroatoms. The van der Waals surface area contributed by atoms with Gasteiger partial charge in [-0.3, -0.25) is 9.59 Å². The first-order valence-electron chi connectivity index (χ1n) is 9.38. The Hall–Kier alpha value is -2.87. The van der Waals surface area contributed by atoms with E-state index in [0.717, 1.165) is 5.56 Å². The fraction of sp³-hybridized carbons (Fsp3) is 0.450. The van der Waals surface area contributed by atoms with Crippen LogP contribution in [0, 0.1) is 6.92 Å². The number of oxazole rings is 1. The van der Waals surface area contributed by atoms with Gasteiger partial charge in [-0.2, -0.15) is 0 Å². The van der Waals surface area contributed by atoms with E-state index in [9.17, 15) is 9.59 Å². The first-order valence-corrected chi connectivity index (χ1v) is 9.38. The summed E-state index contributed by atoms with van der Waals surface area (Å²) in [6.07, 6.45) is 1.27. The zero-order chi connectivity index (χ0) is 19.7. The van der Waals surface area contributed by atoms with Crippen molar-refractivity contribution < 1.29 is 23.5 Å². The molecule has 0 saturated carbocycles. The van der Waals surface area contributed by atoms with E-state index in [-0.39, 0.29) is 23.6 Å². The topological polar surface area (TPSA) is 85.1 Å². The number of aryl methyl sites for hydroxylation is 1. The van der Waals surface area contributed by atoms with Gasteiger partial charge < -0.3 is 23.7 Å². The summed E-state index contributed by atoms with van der Waals surface area (Å²) in [6, 6.07) is 5.25. The third-order valence-corrected chi connectivity index (χ3v) is 5.16. The number of carbonyl (C=O) groups excluding carboxylic acids is 2. The van der Waals surface area contributed by atoms with Gasteiger partial charge in [0.2, 0.25) is 5.76 Å². The smallest absolute Gasteiger partial charge is 0.292 e. The van der Waals surface area contributed by atoms with Gasteiger partial charge in [0, 0.05) is 24.2 Å². The molecule has 0 spiro atoms. The molecule has 2 amide bonds. The summed E-state index contributed by atoms with van der Waals surface area (Å²) in [5.74, 6) is 0.655. The molecule has 2 aliphatic rings. The van der Waals surface area contributed by atoms with E-state index in [1.54, 1.807) is 22.8 Å². The van der Waals surface area contributed by atoms with Gasteiger partial charge in [-0.1, -0.05) is 0 Å². The van der Waals surface area contributed by atoms with Crippen LogP contribution in [-0.4, -0.2) is 65.6 Å². The monoisotopic (exact) mass is 385 g/mol. The highest BCUT2D eigenvalue weighted by molar-refractivity contribution is 5.95. The number of hydrogen-bond donors (Lipinski definition) is 0. The largest absolute Gasteiger partial charge is 0.491 e. The van der Waals surface area contributed by atoms with Crippen molar-refractivity contribution in [2.45, 2.75) is 26.4 Å². The van der Waals surface area contributed by atoms with Crippen LogP contribution in [0.3, 0.4) is 0 Å². The third kappa shape index (κ3) is 3.47. The molecular formula is C20H23N3O5. The van der Waals surface area contributed by atoms with Crippen LogP contribution < -0.4 is 4.74 Å². The minimum atomic E-state index is -0.233. The lowest BCUT2D eigenvalue weighted by Crippen LogP contribution is -2.41. The van der Waals surface area contributed by atoms with Gasteiger partial charge in [0.25, 0.3) is 11.8 Å². The number of hydrogen-bond acceptors (Lipinski definition) is 6. The summed E-state index contributed by atoms with van der Waals surface area (Å²) in [5, 5.41) is 0. The molecule has 28 heavy (non-hydrogen) atoms. The predicted molar refractivity (Wildman–Crippen MR) is 99.2 cm³/mol. The van der Waals surface area contributed by atoms with Crippen LogP contribution in [0.2, 0.25) is 0 Å². The second-order valence-electron chi connectivity index (χ2n) is 7.09. The fourth-order valence-corrected chi connectivity index (χ4v) is 3.48. The van der Waals surface area contributed by atoms with E-state index >= 15 is 0 Å². The number of carbonyl (C=O) groups is 2. The molecule has 8 nitrogen and oxygen atoms in total. The molecule has 0 bridgehead atoms. The normalized spacial score (nSPS) is 19.6. The Morgan fingerprint density at radius 2 is 1.96 bits per heavy atom. The van der Waals surface area contributed by atoms with Crippen molar-refractivity contribution in [3.05, 3.63) is 47.2 Å². The van der Waals surface area contributed by atoms with Gasteiger partial charge in [-0.15, -0.1) is 0 Å². The summed E-state index contributed by atoms with van der Waals surface area (Å²) in [4.78, 5) is 33.3. The van der Waals surface area contributed by atoms with Crippen molar-refractivity contribution in [2.75, 3.05) is 32.9 Å². The van der Waals surface area contributed by atoms with Gasteiger partial charge in [-0.25, -0.2) is 4.98 Å². The Morgan fingerprint density at radius 3 is 2.68 bits per heavy atom. The van der Waals surface area contributed by atoms with Crippen LogP contribution in [0.5, 0.6) is 5.75 Å². The van der Waals surface area contributed by atoms with E-state index in [1.807, 2.05) is 19.1 Å². The number of amides is 2. The Morgan fingerprint density at radius 1 is 1.18 bits per heavy atom. The van der Waals surface area contributed by atoms with Crippen molar-refractivity contribution in [2.24, 2.45) is 0 Å². The lowest BCUT2D eigenvalue weighted by Gasteiger charge is -2.27. The van der Waals surface area contributed by atoms with E-state index in [2.05, 4.69) is 4.98 Å². The maximum absolute atomic E-state index is 13.0. The highest BCUT2D eigenvalue weighted by atomic mass is 16.5. The second-order valence-corrected chi connectivity index (χ2v) is 7.09.